The largest absolute Gasteiger partial charge is 0.497 e. The normalized spacial score (nSPS) is 10.2. The van der Waals surface area contributed by atoms with E-state index in [4.69, 9.17) is 10.6 Å². The van der Waals surface area contributed by atoms with Crippen molar-refractivity contribution in [1.29, 1.82) is 0 Å². The number of benzene rings is 1. The van der Waals surface area contributed by atoms with Gasteiger partial charge in [-0.1, -0.05) is 0 Å². The van der Waals surface area contributed by atoms with E-state index in [0.29, 0.717) is 11.6 Å². The third-order valence-corrected chi connectivity index (χ3v) is 2.87. The molecule has 0 saturated carbocycles. The van der Waals surface area contributed by atoms with Gasteiger partial charge in [-0.2, -0.15) is 0 Å². The minimum absolute atomic E-state index is 0.647. The molecule has 3 N–H and O–H groups in total. The molecule has 0 spiro atoms. The van der Waals surface area contributed by atoms with Gasteiger partial charge in [0.1, 0.15) is 11.6 Å². The Hall–Kier alpha value is -2.14. The summed E-state index contributed by atoms with van der Waals surface area (Å²) in [6, 6.07) is 7.60. The summed E-state index contributed by atoms with van der Waals surface area (Å²) in [5.74, 6) is 7.55. The van der Waals surface area contributed by atoms with Gasteiger partial charge in [0.05, 0.1) is 7.11 Å². The lowest BCUT2D eigenvalue weighted by atomic mass is 10.2. The van der Waals surface area contributed by atoms with Crippen molar-refractivity contribution in [2.45, 2.75) is 13.8 Å². The van der Waals surface area contributed by atoms with Crippen LogP contribution in [0.4, 0.5) is 5.82 Å². The highest BCUT2D eigenvalue weighted by molar-refractivity contribution is 5.60. The van der Waals surface area contributed by atoms with Gasteiger partial charge in [-0.05, 0) is 38.1 Å². The maximum atomic E-state index is 5.45. The molecule has 0 atom stereocenters. The van der Waals surface area contributed by atoms with E-state index in [1.807, 2.05) is 38.1 Å². The number of rotatable bonds is 3. The van der Waals surface area contributed by atoms with E-state index in [0.717, 1.165) is 22.6 Å². The minimum Gasteiger partial charge on any atom is -0.497 e. The number of nitrogens with one attached hydrogen (secondary N) is 1. The molecule has 1 heterocycles. The number of aromatic nitrogens is 2. The predicted molar refractivity (Wildman–Crippen MR) is 71.3 cm³/mol. The van der Waals surface area contributed by atoms with Crippen molar-refractivity contribution in [3.63, 3.8) is 0 Å². The van der Waals surface area contributed by atoms with Crippen LogP contribution in [-0.4, -0.2) is 17.1 Å². The zero-order chi connectivity index (χ0) is 13.1. The smallest absolute Gasteiger partial charge is 0.161 e. The first-order chi connectivity index (χ1) is 8.65. The second kappa shape index (κ2) is 5.01. The third-order valence-electron chi connectivity index (χ3n) is 2.87. The number of hydrogen-bond donors (Lipinski definition) is 2. The number of hydrogen-bond acceptors (Lipinski definition) is 5. The van der Waals surface area contributed by atoms with Crippen LogP contribution in [0.2, 0.25) is 0 Å². The molecule has 18 heavy (non-hydrogen) atoms. The lowest BCUT2D eigenvalue weighted by Crippen LogP contribution is -2.12. The summed E-state index contributed by atoms with van der Waals surface area (Å²) in [4.78, 5) is 8.85. The topological polar surface area (TPSA) is 73.1 Å². The van der Waals surface area contributed by atoms with Crippen LogP contribution in [0.3, 0.4) is 0 Å². The van der Waals surface area contributed by atoms with E-state index >= 15 is 0 Å². The molecule has 1 aromatic carbocycles. The molecule has 0 radical (unpaired) electrons. The summed E-state index contributed by atoms with van der Waals surface area (Å²) in [6.45, 7) is 3.87. The zero-order valence-electron chi connectivity index (χ0n) is 10.7. The molecule has 0 amide bonds. The Labute approximate surface area is 106 Å². The van der Waals surface area contributed by atoms with Gasteiger partial charge >= 0.3 is 0 Å². The minimum atomic E-state index is 0.647. The molecule has 2 aromatic rings. The monoisotopic (exact) mass is 244 g/mol. The highest BCUT2D eigenvalue weighted by atomic mass is 16.5. The average Bonchev–Trinajstić information content (AvgIpc) is 2.42. The summed E-state index contributed by atoms with van der Waals surface area (Å²) in [7, 11) is 1.64. The van der Waals surface area contributed by atoms with E-state index in [2.05, 4.69) is 15.4 Å². The summed E-state index contributed by atoms with van der Waals surface area (Å²) >= 11 is 0. The first-order valence-electron chi connectivity index (χ1n) is 5.62. The molecule has 0 aliphatic carbocycles. The van der Waals surface area contributed by atoms with Crippen LogP contribution in [0.25, 0.3) is 11.4 Å². The van der Waals surface area contributed by atoms with E-state index in [9.17, 15) is 0 Å². The van der Waals surface area contributed by atoms with Crippen molar-refractivity contribution >= 4 is 5.82 Å². The zero-order valence-corrected chi connectivity index (χ0v) is 10.7. The van der Waals surface area contributed by atoms with Crippen LogP contribution in [0.5, 0.6) is 5.75 Å². The molecular weight excluding hydrogens is 228 g/mol. The van der Waals surface area contributed by atoms with Gasteiger partial charge in [0.25, 0.3) is 0 Å². The molecule has 0 aliphatic heterocycles. The maximum absolute atomic E-state index is 5.45. The van der Waals surface area contributed by atoms with Gasteiger partial charge in [-0.25, -0.2) is 15.8 Å². The Morgan fingerprint density at radius 1 is 1.11 bits per heavy atom. The molecule has 5 nitrogen and oxygen atoms in total. The van der Waals surface area contributed by atoms with Crippen LogP contribution >= 0.6 is 0 Å². The second-order valence-corrected chi connectivity index (χ2v) is 3.98. The molecule has 0 aliphatic rings. The van der Waals surface area contributed by atoms with E-state index in [-0.39, 0.29) is 0 Å². The SMILES string of the molecule is COc1ccc(-c2nc(C)c(C)c(NN)n2)cc1. The quantitative estimate of drug-likeness (QED) is 0.638. The molecule has 94 valence electrons. The molecule has 0 bridgehead atoms. The Morgan fingerprint density at radius 2 is 1.78 bits per heavy atom. The Morgan fingerprint density at radius 3 is 2.33 bits per heavy atom. The van der Waals surface area contributed by atoms with Crippen LogP contribution in [0.15, 0.2) is 24.3 Å². The first kappa shape index (κ1) is 12.3. The van der Waals surface area contributed by atoms with Crippen molar-refractivity contribution in [1.82, 2.24) is 9.97 Å². The van der Waals surface area contributed by atoms with Crippen molar-refractivity contribution < 1.29 is 4.74 Å². The van der Waals surface area contributed by atoms with Gasteiger partial charge < -0.3 is 10.2 Å². The Balaban J connectivity index is 2.46. The number of aryl methyl sites for hydroxylation is 1. The fourth-order valence-corrected chi connectivity index (χ4v) is 1.64. The average molecular weight is 244 g/mol. The maximum Gasteiger partial charge on any atom is 0.161 e. The van der Waals surface area contributed by atoms with Crippen LogP contribution < -0.4 is 16.0 Å². The predicted octanol–water partition coefficient (Wildman–Crippen LogP) is 2.05. The van der Waals surface area contributed by atoms with Gasteiger partial charge in [0, 0.05) is 16.8 Å². The summed E-state index contributed by atoms with van der Waals surface area (Å²) in [5.41, 5.74) is 5.38. The summed E-state index contributed by atoms with van der Waals surface area (Å²) in [5, 5.41) is 0. The molecule has 5 heteroatoms. The van der Waals surface area contributed by atoms with Crippen molar-refractivity contribution in [2.24, 2.45) is 5.84 Å². The van der Waals surface area contributed by atoms with Crippen molar-refractivity contribution in [3.05, 3.63) is 35.5 Å². The lowest BCUT2D eigenvalue weighted by molar-refractivity contribution is 0.415. The molecule has 2 rings (SSSR count). The molecule has 1 aromatic heterocycles. The molecule has 0 unspecified atom stereocenters. The number of hydrazine groups is 1. The number of methoxy groups -OCH3 is 1. The Kier molecular flexibility index (Phi) is 3.43. The van der Waals surface area contributed by atoms with Crippen LogP contribution in [0, 0.1) is 13.8 Å². The highest BCUT2D eigenvalue weighted by Gasteiger charge is 2.08. The fraction of sp³-hybridized carbons (Fsp3) is 0.231. The summed E-state index contributed by atoms with van der Waals surface area (Å²) in [6.07, 6.45) is 0. The third kappa shape index (κ3) is 2.26. The number of nitrogens with two attached hydrogens (primary N) is 1. The van der Waals surface area contributed by atoms with Crippen LogP contribution in [0.1, 0.15) is 11.3 Å². The molecular formula is C13H16N4O. The number of anilines is 1. The van der Waals surface area contributed by atoms with Gasteiger partial charge in [0.2, 0.25) is 0 Å². The summed E-state index contributed by atoms with van der Waals surface area (Å²) < 4.78 is 5.12. The first-order valence-corrected chi connectivity index (χ1v) is 5.62. The molecule has 0 fully saturated rings. The van der Waals surface area contributed by atoms with Crippen LogP contribution in [-0.2, 0) is 0 Å². The van der Waals surface area contributed by atoms with Crippen molar-refractivity contribution in [2.75, 3.05) is 12.5 Å². The van der Waals surface area contributed by atoms with E-state index < -0.39 is 0 Å². The number of nitrogens with zero attached hydrogens (tertiary/aromatic N) is 2. The standard InChI is InChI=1S/C13H16N4O/c1-8-9(2)15-13(16-12(8)17-14)10-4-6-11(18-3)7-5-10/h4-7H,14H2,1-3H3,(H,15,16,17). The van der Waals surface area contributed by atoms with E-state index in [1.54, 1.807) is 7.11 Å². The lowest BCUT2D eigenvalue weighted by Gasteiger charge is -2.09. The Bertz CT molecular complexity index is 552. The van der Waals surface area contributed by atoms with Gasteiger partial charge in [-0.15, -0.1) is 0 Å². The van der Waals surface area contributed by atoms with Gasteiger partial charge in [0.15, 0.2) is 5.82 Å². The van der Waals surface area contributed by atoms with Crippen molar-refractivity contribution in [3.8, 4) is 17.1 Å². The fourth-order valence-electron chi connectivity index (χ4n) is 1.64. The molecule has 0 saturated heterocycles. The number of nitrogen functional groups attached to an aromatic ring is 1. The van der Waals surface area contributed by atoms with Gasteiger partial charge in [-0.3, -0.25) is 0 Å². The highest BCUT2D eigenvalue weighted by Crippen LogP contribution is 2.22. The van der Waals surface area contributed by atoms with E-state index in [1.165, 1.54) is 0 Å². The second-order valence-electron chi connectivity index (χ2n) is 3.98. The number of ether oxygens (including phenoxy) is 1.